The third-order valence-electron chi connectivity index (χ3n) is 2.72. The van der Waals surface area contributed by atoms with E-state index < -0.39 is 0 Å². The van der Waals surface area contributed by atoms with E-state index in [1.807, 2.05) is 32.0 Å². The van der Waals surface area contributed by atoms with Crippen LogP contribution in [-0.2, 0) is 6.54 Å². The Morgan fingerprint density at radius 2 is 2.22 bits per heavy atom. The maximum Gasteiger partial charge on any atom is 0.213 e. The van der Waals surface area contributed by atoms with Gasteiger partial charge < -0.3 is 0 Å². The van der Waals surface area contributed by atoms with E-state index >= 15 is 0 Å². The molecule has 0 aliphatic rings. The van der Waals surface area contributed by atoms with E-state index in [2.05, 4.69) is 26.2 Å². The summed E-state index contributed by atoms with van der Waals surface area (Å²) in [5.41, 5.74) is 2.22. The fourth-order valence-electron chi connectivity index (χ4n) is 1.77. The van der Waals surface area contributed by atoms with Gasteiger partial charge in [0.15, 0.2) is 0 Å². The Morgan fingerprint density at radius 3 is 2.94 bits per heavy atom. The van der Waals surface area contributed by atoms with Crippen LogP contribution >= 0.6 is 15.9 Å². The Hall–Kier alpha value is -1.49. The second-order valence-electron chi connectivity index (χ2n) is 4.11. The Labute approximate surface area is 114 Å². The van der Waals surface area contributed by atoms with Crippen LogP contribution in [0.1, 0.15) is 35.0 Å². The predicted octanol–water partition coefficient (Wildman–Crippen LogP) is 2.99. The van der Waals surface area contributed by atoms with Gasteiger partial charge >= 0.3 is 0 Å². The number of benzene rings is 1. The number of nitrogens with zero attached hydrogens (tertiary/aromatic N) is 3. The van der Waals surface area contributed by atoms with Crippen molar-refractivity contribution in [2.45, 2.75) is 26.8 Å². The molecule has 4 nitrogen and oxygen atoms in total. The number of hydrogen-bond donors (Lipinski definition) is 0. The summed E-state index contributed by atoms with van der Waals surface area (Å²) in [5.74, 6) is -0.0518. The number of hydrogen-bond acceptors (Lipinski definition) is 3. The summed E-state index contributed by atoms with van der Waals surface area (Å²) >= 11 is 3.46. The standard InChI is InChI=1S/C13H14BrN3O/c1-3-7-17-11(8-15-16-17)13(18)10-6-4-5-9(2)12(10)14/h4-6,8H,3,7H2,1-2H3. The second kappa shape index (κ2) is 5.44. The van der Waals surface area contributed by atoms with Crippen LogP contribution in [0.25, 0.3) is 0 Å². The summed E-state index contributed by atoms with van der Waals surface area (Å²) in [7, 11) is 0. The average molecular weight is 308 g/mol. The predicted molar refractivity (Wildman–Crippen MR) is 72.6 cm³/mol. The van der Waals surface area contributed by atoms with Crippen LogP contribution in [0, 0.1) is 6.92 Å². The van der Waals surface area contributed by atoms with Crippen molar-refractivity contribution in [3.8, 4) is 0 Å². The molecule has 0 aliphatic carbocycles. The quantitative estimate of drug-likeness (QED) is 0.816. The zero-order chi connectivity index (χ0) is 13.1. The van der Waals surface area contributed by atoms with Gasteiger partial charge in [0.05, 0.1) is 6.20 Å². The normalized spacial score (nSPS) is 10.6. The Balaban J connectivity index is 2.42. The molecule has 2 aromatic rings. The average Bonchev–Trinajstić information content (AvgIpc) is 2.80. The van der Waals surface area contributed by atoms with E-state index in [-0.39, 0.29) is 5.78 Å². The first kappa shape index (κ1) is 13.0. The van der Waals surface area contributed by atoms with Gasteiger partial charge in [0.2, 0.25) is 5.78 Å². The van der Waals surface area contributed by atoms with Gasteiger partial charge in [0.1, 0.15) is 5.69 Å². The summed E-state index contributed by atoms with van der Waals surface area (Å²) in [6.07, 6.45) is 2.44. The topological polar surface area (TPSA) is 47.8 Å². The molecule has 1 aromatic carbocycles. The van der Waals surface area contributed by atoms with Crippen LogP contribution in [0.5, 0.6) is 0 Å². The SMILES string of the molecule is CCCn1nncc1C(=O)c1cccc(C)c1Br. The molecule has 0 radical (unpaired) electrons. The molecule has 0 unspecified atom stereocenters. The van der Waals surface area contributed by atoms with Crippen LogP contribution < -0.4 is 0 Å². The van der Waals surface area contributed by atoms with Gasteiger partial charge in [0, 0.05) is 16.6 Å². The van der Waals surface area contributed by atoms with Crippen molar-refractivity contribution in [3.63, 3.8) is 0 Å². The minimum absolute atomic E-state index is 0.0518. The lowest BCUT2D eigenvalue weighted by molar-refractivity contribution is 0.102. The molecule has 0 N–H and O–H groups in total. The minimum Gasteiger partial charge on any atom is -0.287 e. The monoisotopic (exact) mass is 307 g/mol. The molecule has 2 rings (SSSR count). The van der Waals surface area contributed by atoms with Gasteiger partial charge in [-0.05, 0) is 40.9 Å². The lowest BCUT2D eigenvalue weighted by atomic mass is 10.1. The fourth-order valence-corrected chi connectivity index (χ4v) is 2.22. The van der Waals surface area contributed by atoms with Crippen molar-refractivity contribution in [1.29, 1.82) is 0 Å². The van der Waals surface area contributed by atoms with Crippen LogP contribution in [0.2, 0.25) is 0 Å². The fraction of sp³-hybridized carbons (Fsp3) is 0.308. The third-order valence-corrected chi connectivity index (χ3v) is 3.77. The number of halogens is 1. The first-order valence-corrected chi connectivity index (χ1v) is 6.62. The molecule has 0 aliphatic heterocycles. The highest BCUT2D eigenvalue weighted by molar-refractivity contribution is 9.10. The van der Waals surface area contributed by atoms with Gasteiger partial charge in [-0.1, -0.05) is 24.3 Å². The van der Waals surface area contributed by atoms with Gasteiger partial charge in [-0.3, -0.25) is 4.79 Å². The minimum atomic E-state index is -0.0518. The van der Waals surface area contributed by atoms with Crippen molar-refractivity contribution in [1.82, 2.24) is 15.0 Å². The van der Waals surface area contributed by atoms with Crippen LogP contribution in [0.15, 0.2) is 28.9 Å². The van der Waals surface area contributed by atoms with E-state index in [9.17, 15) is 4.79 Å². The number of ketones is 1. The lowest BCUT2D eigenvalue weighted by Gasteiger charge is -2.07. The Bertz CT molecular complexity index is 577. The third kappa shape index (κ3) is 2.36. The maximum atomic E-state index is 12.4. The highest BCUT2D eigenvalue weighted by atomic mass is 79.9. The number of carbonyl (C=O) groups is 1. The molecule has 5 heteroatoms. The summed E-state index contributed by atoms with van der Waals surface area (Å²) < 4.78 is 2.48. The van der Waals surface area contributed by atoms with E-state index in [1.165, 1.54) is 6.20 Å². The van der Waals surface area contributed by atoms with E-state index in [0.717, 1.165) is 16.5 Å². The van der Waals surface area contributed by atoms with Crippen molar-refractivity contribution in [2.24, 2.45) is 0 Å². The molecule has 0 saturated heterocycles. The van der Waals surface area contributed by atoms with E-state index in [1.54, 1.807) is 4.68 Å². The van der Waals surface area contributed by atoms with Crippen molar-refractivity contribution >= 4 is 21.7 Å². The molecule has 0 saturated carbocycles. The summed E-state index contributed by atoms with van der Waals surface area (Å²) in [6.45, 7) is 4.70. The van der Waals surface area contributed by atoms with Gasteiger partial charge in [-0.25, -0.2) is 4.68 Å². The second-order valence-corrected chi connectivity index (χ2v) is 4.90. The Morgan fingerprint density at radius 1 is 1.44 bits per heavy atom. The van der Waals surface area contributed by atoms with Crippen LogP contribution in [0.3, 0.4) is 0 Å². The van der Waals surface area contributed by atoms with E-state index in [0.29, 0.717) is 17.8 Å². The van der Waals surface area contributed by atoms with Crippen LogP contribution in [-0.4, -0.2) is 20.8 Å². The maximum absolute atomic E-state index is 12.4. The number of rotatable bonds is 4. The molecular formula is C13H14BrN3O. The van der Waals surface area contributed by atoms with Gasteiger partial charge in [-0.2, -0.15) is 0 Å². The molecule has 94 valence electrons. The highest BCUT2D eigenvalue weighted by Gasteiger charge is 2.18. The van der Waals surface area contributed by atoms with Crippen molar-refractivity contribution in [2.75, 3.05) is 0 Å². The highest BCUT2D eigenvalue weighted by Crippen LogP contribution is 2.23. The zero-order valence-corrected chi connectivity index (χ0v) is 11.9. The smallest absolute Gasteiger partial charge is 0.213 e. The van der Waals surface area contributed by atoms with Crippen molar-refractivity contribution < 1.29 is 4.79 Å². The number of carbonyl (C=O) groups excluding carboxylic acids is 1. The largest absolute Gasteiger partial charge is 0.287 e. The molecule has 1 heterocycles. The molecule has 0 atom stereocenters. The molecular weight excluding hydrogens is 294 g/mol. The molecule has 0 fully saturated rings. The van der Waals surface area contributed by atoms with Crippen molar-refractivity contribution in [3.05, 3.63) is 45.7 Å². The molecule has 18 heavy (non-hydrogen) atoms. The summed E-state index contributed by atoms with van der Waals surface area (Å²) in [5, 5.41) is 7.75. The molecule has 1 aromatic heterocycles. The van der Waals surface area contributed by atoms with Crippen LogP contribution in [0.4, 0.5) is 0 Å². The molecule has 0 spiro atoms. The van der Waals surface area contributed by atoms with Gasteiger partial charge in [0.25, 0.3) is 0 Å². The first-order chi connectivity index (χ1) is 8.65. The van der Waals surface area contributed by atoms with E-state index in [4.69, 9.17) is 0 Å². The number of aromatic nitrogens is 3. The number of aryl methyl sites for hydroxylation is 2. The first-order valence-electron chi connectivity index (χ1n) is 5.83. The zero-order valence-electron chi connectivity index (χ0n) is 10.4. The molecule has 0 amide bonds. The van der Waals surface area contributed by atoms with Gasteiger partial charge in [-0.15, -0.1) is 5.10 Å². The summed E-state index contributed by atoms with van der Waals surface area (Å²) in [6, 6.07) is 5.65. The molecule has 0 bridgehead atoms. The Kier molecular flexibility index (Phi) is 3.91. The lowest BCUT2D eigenvalue weighted by Crippen LogP contribution is -2.12. The summed E-state index contributed by atoms with van der Waals surface area (Å²) in [4.78, 5) is 12.4.